The van der Waals surface area contributed by atoms with Gasteiger partial charge in [-0.2, -0.15) is 0 Å². The van der Waals surface area contributed by atoms with Gasteiger partial charge in [0, 0.05) is 6.54 Å². The SMILES string of the molecule is O=C(O)N(C1CN2CCC1CC2)[C@@H]1c2cc(-c3ccc(OC(F)(F)F)cc3)ccc2CCC12CC2. The van der Waals surface area contributed by atoms with E-state index in [1.165, 1.54) is 17.7 Å². The highest BCUT2D eigenvalue weighted by Crippen LogP contribution is 2.64. The molecule has 0 radical (unpaired) electrons. The molecule has 1 unspecified atom stereocenters. The van der Waals surface area contributed by atoms with E-state index in [1.807, 2.05) is 6.07 Å². The van der Waals surface area contributed by atoms with E-state index in [4.69, 9.17) is 0 Å². The number of alkyl halides is 3. The molecular weight excluding hydrogens is 457 g/mol. The maximum atomic E-state index is 12.8. The Morgan fingerprint density at radius 3 is 2.29 bits per heavy atom. The lowest BCUT2D eigenvalue weighted by Gasteiger charge is -2.52. The fraction of sp³-hybridized carbons (Fsp3) is 0.519. The first-order valence-electron chi connectivity index (χ1n) is 12.5. The minimum absolute atomic E-state index is 0.000440. The number of hydrogen-bond donors (Lipinski definition) is 1. The van der Waals surface area contributed by atoms with Crippen molar-refractivity contribution in [1.82, 2.24) is 9.80 Å². The Labute approximate surface area is 202 Å². The van der Waals surface area contributed by atoms with E-state index < -0.39 is 12.5 Å². The third-order valence-electron chi connectivity index (χ3n) is 8.70. The number of hydrogen-bond acceptors (Lipinski definition) is 3. The summed E-state index contributed by atoms with van der Waals surface area (Å²) in [6.45, 7) is 2.91. The predicted molar refractivity (Wildman–Crippen MR) is 124 cm³/mol. The van der Waals surface area contributed by atoms with Crippen molar-refractivity contribution in [1.29, 1.82) is 0 Å². The number of halogens is 3. The van der Waals surface area contributed by atoms with Gasteiger partial charge in [-0.05, 0) is 103 Å². The smallest absolute Gasteiger partial charge is 0.465 e. The van der Waals surface area contributed by atoms with E-state index in [2.05, 4.69) is 21.8 Å². The summed E-state index contributed by atoms with van der Waals surface area (Å²) in [4.78, 5) is 17.0. The number of amides is 1. The van der Waals surface area contributed by atoms with Crippen LogP contribution in [0.3, 0.4) is 0 Å². The van der Waals surface area contributed by atoms with E-state index >= 15 is 0 Å². The Kier molecular flexibility index (Phi) is 5.29. The van der Waals surface area contributed by atoms with Crippen LogP contribution in [0.25, 0.3) is 11.1 Å². The summed E-state index contributed by atoms with van der Waals surface area (Å²) < 4.78 is 41.7. The van der Waals surface area contributed by atoms with Gasteiger partial charge in [0.05, 0.1) is 12.1 Å². The Morgan fingerprint density at radius 1 is 1.03 bits per heavy atom. The van der Waals surface area contributed by atoms with E-state index in [1.54, 1.807) is 17.0 Å². The first-order chi connectivity index (χ1) is 16.7. The van der Waals surface area contributed by atoms with Crippen LogP contribution in [0.15, 0.2) is 42.5 Å². The van der Waals surface area contributed by atoms with Crippen LogP contribution in [-0.2, 0) is 6.42 Å². The maximum absolute atomic E-state index is 12.8. The van der Waals surface area contributed by atoms with Crippen molar-refractivity contribution in [2.24, 2.45) is 11.3 Å². The minimum atomic E-state index is -4.73. The first-order valence-corrected chi connectivity index (χ1v) is 12.5. The lowest BCUT2D eigenvalue weighted by Crippen LogP contribution is -2.60. The van der Waals surface area contributed by atoms with Crippen LogP contribution >= 0.6 is 0 Å². The molecule has 2 atom stereocenters. The molecule has 0 aromatic heterocycles. The highest BCUT2D eigenvalue weighted by atomic mass is 19.4. The van der Waals surface area contributed by atoms with Crippen molar-refractivity contribution in [3.63, 3.8) is 0 Å². The summed E-state index contributed by atoms with van der Waals surface area (Å²) in [5.74, 6) is 0.148. The average molecular weight is 487 g/mol. The fourth-order valence-electron chi connectivity index (χ4n) is 6.78. The summed E-state index contributed by atoms with van der Waals surface area (Å²) >= 11 is 0. The molecule has 3 heterocycles. The highest BCUT2D eigenvalue weighted by Gasteiger charge is 2.57. The van der Waals surface area contributed by atoms with Crippen LogP contribution < -0.4 is 4.74 Å². The zero-order valence-corrected chi connectivity index (χ0v) is 19.4. The fourth-order valence-corrected chi connectivity index (χ4v) is 6.78. The number of carboxylic acid groups (broad SMARTS) is 1. The average Bonchev–Trinajstić information content (AvgIpc) is 3.61. The molecule has 5 nitrogen and oxygen atoms in total. The molecule has 2 bridgehead atoms. The number of nitrogens with zero attached hydrogens (tertiary/aromatic N) is 2. The van der Waals surface area contributed by atoms with Crippen LogP contribution in [0.2, 0.25) is 0 Å². The van der Waals surface area contributed by atoms with Gasteiger partial charge in [0.15, 0.2) is 0 Å². The number of piperidine rings is 3. The Morgan fingerprint density at radius 2 is 1.71 bits per heavy atom. The molecule has 1 spiro atoms. The summed E-state index contributed by atoms with van der Waals surface area (Å²) in [5.41, 5.74) is 3.91. The number of rotatable bonds is 4. The van der Waals surface area contributed by atoms with Crippen LogP contribution in [0, 0.1) is 11.3 Å². The van der Waals surface area contributed by atoms with Gasteiger partial charge in [0.2, 0.25) is 0 Å². The lowest BCUT2D eigenvalue weighted by molar-refractivity contribution is -0.274. The summed E-state index contributed by atoms with van der Waals surface area (Å²) in [5, 5.41) is 10.5. The molecule has 1 amide bonds. The molecule has 4 fully saturated rings. The molecule has 3 aliphatic heterocycles. The molecular formula is C27H29F3N2O3. The Hall–Kier alpha value is -2.74. The van der Waals surface area contributed by atoms with Crippen LogP contribution in [-0.4, -0.2) is 53.0 Å². The van der Waals surface area contributed by atoms with Crippen molar-refractivity contribution in [2.45, 2.75) is 57.0 Å². The number of ether oxygens (including phenoxy) is 1. The predicted octanol–water partition coefficient (Wildman–Crippen LogP) is 6.09. The Bertz CT molecular complexity index is 1120. The van der Waals surface area contributed by atoms with Crippen LogP contribution in [0.5, 0.6) is 5.75 Å². The monoisotopic (exact) mass is 486 g/mol. The first kappa shape index (κ1) is 22.7. The second kappa shape index (κ2) is 8.15. The summed E-state index contributed by atoms with van der Waals surface area (Å²) in [6.07, 6.45) is 0.532. The zero-order valence-electron chi connectivity index (χ0n) is 19.4. The summed E-state index contributed by atoms with van der Waals surface area (Å²) in [7, 11) is 0. The zero-order chi connectivity index (χ0) is 24.4. The number of aryl methyl sites for hydroxylation is 1. The Balaban J connectivity index is 1.37. The normalized spacial score (nSPS) is 28.4. The standard InChI is InChI=1S/C27H29F3N2O3/c28-27(29,30)35-21-5-3-17(4-6-21)20-2-1-18-7-10-26(11-12-26)24(22(18)15-20)32(25(33)34)23-16-31-13-8-19(23)9-14-31/h1-6,15,19,23-24H,7-14,16H2,(H,33,34)/t23?,24-/m1/s1. The second-order valence-corrected chi connectivity index (χ2v) is 10.6. The van der Waals surface area contributed by atoms with Gasteiger partial charge < -0.3 is 14.7 Å². The molecule has 2 aromatic carbocycles. The van der Waals surface area contributed by atoms with E-state index in [-0.39, 0.29) is 23.2 Å². The minimum Gasteiger partial charge on any atom is -0.465 e. The third-order valence-corrected chi connectivity index (χ3v) is 8.70. The number of benzene rings is 2. The van der Waals surface area contributed by atoms with Crippen LogP contribution in [0.1, 0.15) is 49.3 Å². The van der Waals surface area contributed by atoms with Crippen molar-refractivity contribution in [2.75, 3.05) is 19.6 Å². The quantitative estimate of drug-likeness (QED) is 0.568. The van der Waals surface area contributed by atoms with Crippen molar-refractivity contribution >= 4 is 6.09 Å². The van der Waals surface area contributed by atoms with Gasteiger partial charge in [-0.3, -0.25) is 4.90 Å². The highest BCUT2D eigenvalue weighted by molar-refractivity contribution is 5.70. The molecule has 1 N–H and O–H groups in total. The molecule has 186 valence electrons. The second-order valence-electron chi connectivity index (χ2n) is 10.6. The van der Waals surface area contributed by atoms with Gasteiger partial charge >= 0.3 is 12.5 Å². The van der Waals surface area contributed by atoms with Gasteiger partial charge in [-0.15, -0.1) is 13.2 Å². The van der Waals surface area contributed by atoms with Gasteiger partial charge in [-0.25, -0.2) is 4.79 Å². The summed E-state index contributed by atoms with van der Waals surface area (Å²) in [6, 6.07) is 11.8. The topological polar surface area (TPSA) is 53.0 Å². The van der Waals surface area contributed by atoms with E-state index in [0.717, 1.165) is 74.8 Å². The van der Waals surface area contributed by atoms with Crippen molar-refractivity contribution in [3.05, 3.63) is 53.6 Å². The van der Waals surface area contributed by atoms with Gasteiger partial charge in [0.25, 0.3) is 0 Å². The molecule has 8 heteroatoms. The van der Waals surface area contributed by atoms with E-state index in [9.17, 15) is 23.1 Å². The molecule has 3 saturated heterocycles. The molecule has 5 aliphatic rings. The molecule has 7 rings (SSSR count). The molecule has 2 aliphatic carbocycles. The van der Waals surface area contributed by atoms with Gasteiger partial charge in [0.1, 0.15) is 5.75 Å². The number of fused-ring (bicyclic) bond motifs is 4. The third kappa shape index (κ3) is 4.15. The largest absolute Gasteiger partial charge is 0.573 e. The maximum Gasteiger partial charge on any atom is 0.573 e. The van der Waals surface area contributed by atoms with Crippen molar-refractivity contribution < 1.29 is 27.8 Å². The van der Waals surface area contributed by atoms with Crippen LogP contribution in [0.4, 0.5) is 18.0 Å². The van der Waals surface area contributed by atoms with E-state index in [0.29, 0.717) is 5.92 Å². The molecule has 1 saturated carbocycles. The molecule has 2 aromatic rings. The van der Waals surface area contributed by atoms with Crippen molar-refractivity contribution in [3.8, 4) is 16.9 Å². The van der Waals surface area contributed by atoms with Gasteiger partial charge in [-0.1, -0.05) is 24.3 Å². The lowest BCUT2D eigenvalue weighted by atomic mass is 9.73. The molecule has 35 heavy (non-hydrogen) atoms. The number of carbonyl (C=O) groups is 1.